The Morgan fingerprint density at radius 3 is 1.94 bits per heavy atom. The molecule has 4 N–H and O–H groups in total. The van der Waals surface area contributed by atoms with E-state index in [9.17, 15) is 31.0 Å². The first-order chi connectivity index (χ1) is 16.8. The van der Waals surface area contributed by atoms with Crippen LogP contribution in [-0.4, -0.2) is 46.0 Å². The first-order valence-electron chi connectivity index (χ1n) is 9.42. The molecule has 17 heteroatoms. The lowest BCUT2D eigenvalue weighted by atomic mass is 10.1. The number of anilines is 2. The van der Waals surface area contributed by atoms with Gasteiger partial charge in [0.15, 0.2) is 5.75 Å². The lowest BCUT2D eigenvalue weighted by molar-refractivity contribution is 0.479. The molecule has 4 rings (SSSR count). The maximum atomic E-state index is 11.9. The largest absolute Gasteiger partial charge is 0.505 e. The molecule has 0 spiro atoms. The van der Waals surface area contributed by atoms with Crippen molar-refractivity contribution in [2.45, 2.75) is 9.79 Å². The van der Waals surface area contributed by atoms with E-state index in [0.717, 1.165) is 18.2 Å². The van der Waals surface area contributed by atoms with Crippen LogP contribution in [0.4, 0.5) is 23.0 Å². The standard InChI is InChI=1S/C19H12Cl2N6O7S2/c20-17-23-18(21)25-19(24-17)22-9-5-6-14(35(29,30)31)12(7-9)26-27-13-8-15(36(32,33)34)10-3-1-2-4-11(10)16(13)28/h1-8,28H,(H,29,30,31)(H,32,33,34)(H,22,23,24,25)/b27-26+. The van der Waals surface area contributed by atoms with Gasteiger partial charge in [-0.3, -0.25) is 9.11 Å². The van der Waals surface area contributed by atoms with Gasteiger partial charge in [-0.25, -0.2) is 0 Å². The Morgan fingerprint density at radius 2 is 1.33 bits per heavy atom. The summed E-state index contributed by atoms with van der Waals surface area (Å²) in [5.74, 6) is -0.577. The van der Waals surface area contributed by atoms with Crippen LogP contribution >= 0.6 is 23.2 Å². The van der Waals surface area contributed by atoms with Crippen molar-refractivity contribution < 1.29 is 31.0 Å². The van der Waals surface area contributed by atoms with Crippen molar-refractivity contribution in [2.75, 3.05) is 5.32 Å². The van der Waals surface area contributed by atoms with Crippen LogP contribution < -0.4 is 5.32 Å². The van der Waals surface area contributed by atoms with Gasteiger partial charge in [0, 0.05) is 16.5 Å². The van der Waals surface area contributed by atoms with Gasteiger partial charge in [-0.15, -0.1) is 10.2 Å². The van der Waals surface area contributed by atoms with E-state index in [1.54, 1.807) is 0 Å². The number of aromatic hydroxyl groups is 1. The highest BCUT2D eigenvalue weighted by Gasteiger charge is 2.20. The highest BCUT2D eigenvalue weighted by molar-refractivity contribution is 7.86. The van der Waals surface area contributed by atoms with E-state index >= 15 is 0 Å². The van der Waals surface area contributed by atoms with Crippen molar-refractivity contribution in [3.63, 3.8) is 0 Å². The van der Waals surface area contributed by atoms with Crippen LogP contribution in [0.25, 0.3) is 10.8 Å². The number of fused-ring (bicyclic) bond motifs is 1. The molecule has 186 valence electrons. The fourth-order valence-corrected chi connectivity index (χ4v) is 4.80. The van der Waals surface area contributed by atoms with E-state index < -0.39 is 47.2 Å². The van der Waals surface area contributed by atoms with Crippen LogP contribution in [-0.2, 0) is 20.2 Å². The van der Waals surface area contributed by atoms with Gasteiger partial charge in [-0.1, -0.05) is 24.3 Å². The summed E-state index contributed by atoms with van der Waals surface area (Å²) in [7, 11) is -9.51. The summed E-state index contributed by atoms with van der Waals surface area (Å²) < 4.78 is 66.7. The minimum atomic E-state index is -4.78. The smallest absolute Gasteiger partial charge is 0.296 e. The number of azo groups is 1. The van der Waals surface area contributed by atoms with Gasteiger partial charge < -0.3 is 10.4 Å². The third-order valence-electron chi connectivity index (χ3n) is 4.58. The summed E-state index contributed by atoms with van der Waals surface area (Å²) in [6.07, 6.45) is 0. The molecule has 13 nitrogen and oxygen atoms in total. The Bertz CT molecular complexity index is 1750. The molecular formula is C19H12Cl2N6O7S2. The van der Waals surface area contributed by atoms with Crippen LogP contribution in [0, 0.1) is 0 Å². The molecule has 0 saturated heterocycles. The van der Waals surface area contributed by atoms with Crippen LogP contribution in [0.3, 0.4) is 0 Å². The first kappa shape index (κ1) is 25.6. The molecule has 0 aliphatic heterocycles. The van der Waals surface area contributed by atoms with Crippen LogP contribution in [0.5, 0.6) is 5.75 Å². The van der Waals surface area contributed by atoms with E-state index in [2.05, 4.69) is 30.5 Å². The van der Waals surface area contributed by atoms with Gasteiger partial charge in [0.2, 0.25) is 16.5 Å². The summed E-state index contributed by atoms with van der Waals surface area (Å²) in [6.45, 7) is 0. The summed E-state index contributed by atoms with van der Waals surface area (Å²) in [5.41, 5.74) is -0.650. The van der Waals surface area contributed by atoms with Crippen LogP contribution in [0.1, 0.15) is 0 Å². The van der Waals surface area contributed by atoms with Crippen molar-refractivity contribution in [3.8, 4) is 5.75 Å². The molecule has 0 atom stereocenters. The predicted octanol–water partition coefficient (Wildman–Crippen LogP) is 4.69. The lowest BCUT2D eigenvalue weighted by Crippen LogP contribution is -2.01. The summed E-state index contributed by atoms with van der Waals surface area (Å²) in [6, 6.07) is 10.0. The average Bonchev–Trinajstić information content (AvgIpc) is 2.76. The number of phenolic OH excluding ortho intramolecular Hbond substituents is 1. The zero-order chi connectivity index (χ0) is 26.3. The minimum absolute atomic E-state index is 0.0240. The van der Waals surface area contributed by atoms with Gasteiger partial charge in [0.25, 0.3) is 20.2 Å². The zero-order valence-corrected chi connectivity index (χ0v) is 20.5. The zero-order valence-electron chi connectivity index (χ0n) is 17.4. The normalized spacial score (nSPS) is 12.3. The maximum absolute atomic E-state index is 11.9. The number of rotatable bonds is 6. The van der Waals surface area contributed by atoms with Gasteiger partial charge in [-0.2, -0.15) is 31.8 Å². The number of phenols is 1. The average molecular weight is 571 g/mol. The molecule has 0 aliphatic rings. The molecule has 0 saturated carbocycles. The summed E-state index contributed by atoms with van der Waals surface area (Å²) in [5, 5.41) is 20.5. The molecule has 3 aromatic carbocycles. The first-order valence-corrected chi connectivity index (χ1v) is 13.1. The molecule has 4 aromatic rings. The number of aromatic nitrogens is 3. The number of nitrogens with zero attached hydrogens (tertiary/aromatic N) is 5. The van der Waals surface area contributed by atoms with E-state index in [-0.39, 0.29) is 33.0 Å². The fraction of sp³-hybridized carbons (Fsp3) is 0. The fourth-order valence-electron chi connectivity index (χ4n) is 3.11. The highest BCUT2D eigenvalue weighted by atomic mass is 35.5. The third kappa shape index (κ3) is 5.51. The Labute approximate surface area is 213 Å². The Morgan fingerprint density at radius 1 is 0.750 bits per heavy atom. The minimum Gasteiger partial charge on any atom is -0.505 e. The second kappa shape index (κ2) is 9.53. The quantitative estimate of drug-likeness (QED) is 0.185. The highest BCUT2D eigenvalue weighted by Crippen LogP contribution is 2.40. The van der Waals surface area contributed by atoms with E-state index in [0.29, 0.717) is 0 Å². The van der Waals surface area contributed by atoms with E-state index in [1.807, 2.05) is 0 Å². The van der Waals surface area contributed by atoms with Gasteiger partial charge >= 0.3 is 0 Å². The third-order valence-corrected chi connectivity index (χ3v) is 6.71. The van der Waals surface area contributed by atoms with Crippen molar-refractivity contribution >= 4 is 77.2 Å². The van der Waals surface area contributed by atoms with Crippen molar-refractivity contribution in [3.05, 3.63) is 59.1 Å². The Kier molecular flexibility index (Phi) is 6.78. The van der Waals surface area contributed by atoms with E-state index in [1.165, 1.54) is 30.3 Å². The van der Waals surface area contributed by atoms with Crippen molar-refractivity contribution in [2.24, 2.45) is 10.2 Å². The Hall–Kier alpha value is -3.47. The summed E-state index contributed by atoms with van der Waals surface area (Å²) in [4.78, 5) is 10.0. The molecule has 36 heavy (non-hydrogen) atoms. The maximum Gasteiger partial charge on any atom is 0.296 e. The second-order valence-corrected chi connectivity index (χ2v) is 10.4. The number of benzene rings is 3. The topological polar surface area (TPSA) is 204 Å². The number of hydrogen-bond acceptors (Lipinski definition) is 11. The summed E-state index contributed by atoms with van der Waals surface area (Å²) >= 11 is 11.5. The molecule has 0 fully saturated rings. The molecule has 0 radical (unpaired) electrons. The number of nitrogens with one attached hydrogen (secondary N) is 1. The second-order valence-electron chi connectivity index (χ2n) is 6.94. The van der Waals surface area contributed by atoms with E-state index in [4.69, 9.17) is 23.2 Å². The van der Waals surface area contributed by atoms with Gasteiger partial charge in [-0.05, 0) is 47.5 Å². The predicted molar refractivity (Wildman–Crippen MR) is 129 cm³/mol. The monoisotopic (exact) mass is 570 g/mol. The van der Waals surface area contributed by atoms with Crippen molar-refractivity contribution in [1.29, 1.82) is 0 Å². The molecule has 1 aromatic heterocycles. The SMILES string of the molecule is O=S(=O)(O)c1ccc(Nc2nc(Cl)nc(Cl)n2)cc1/N=N/c1cc(S(=O)(=O)O)c2ccccc2c1O. The van der Waals surface area contributed by atoms with Crippen LogP contribution in [0.15, 0.2) is 68.6 Å². The van der Waals surface area contributed by atoms with Crippen LogP contribution in [0.2, 0.25) is 10.6 Å². The lowest BCUT2D eigenvalue weighted by Gasteiger charge is -2.09. The Balaban J connectivity index is 1.84. The van der Waals surface area contributed by atoms with Crippen molar-refractivity contribution in [1.82, 2.24) is 15.0 Å². The molecule has 0 amide bonds. The molecule has 0 aliphatic carbocycles. The molecule has 1 heterocycles. The number of hydrogen-bond donors (Lipinski definition) is 4. The molecule has 0 unspecified atom stereocenters. The molecular weight excluding hydrogens is 559 g/mol. The molecule has 0 bridgehead atoms. The number of halogens is 2. The van der Waals surface area contributed by atoms with Gasteiger partial charge in [0.1, 0.15) is 21.2 Å². The van der Waals surface area contributed by atoms with Gasteiger partial charge in [0.05, 0.1) is 0 Å².